The van der Waals surface area contributed by atoms with E-state index in [2.05, 4.69) is 5.32 Å². The number of nitrogens with zero attached hydrogens (tertiary/aromatic N) is 1. The van der Waals surface area contributed by atoms with Gasteiger partial charge in [0, 0.05) is 37.4 Å². The predicted octanol–water partition coefficient (Wildman–Crippen LogP) is 3.78. The molecule has 4 nitrogen and oxygen atoms in total. The number of hydrogen-bond donors (Lipinski definition) is 1. The first-order valence-electron chi connectivity index (χ1n) is 8.08. The highest BCUT2D eigenvalue weighted by Gasteiger charge is 2.46. The number of nitrogens with one attached hydrogen (secondary N) is 1. The lowest BCUT2D eigenvalue weighted by Gasteiger charge is -2.43. The summed E-state index contributed by atoms with van der Waals surface area (Å²) in [5.74, 6) is -1.89. The largest absolute Gasteiger partial charge is 0.381 e. The highest BCUT2D eigenvalue weighted by atomic mass is 19.2. The normalized spacial score (nSPS) is 27.4. The van der Waals surface area contributed by atoms with Gasteiger partial charge in [-0.05, 0) is 37.8 Å². The van der Waals surface area contributed by atoms with Crippen molar-refractivity contribution in [3.05, 3.63) is 29.8 Å². The van der Waals surface area contributed by atoms with Crippen LogP contribution in [-0.2, 0) is 4.74 Å². The number of anilines is 1. The molecule has 1 spiro atoms. The van der Waals surface area contributed by atoms with E-state index in [1.807, 2.05) is 0 Å². The molecule has 1 aromatic rings. The maximum absolute atomic E-state index is 13.3. The van der Waals surface area contributed by atoms with Gasteiger partial charge in [-0.1, -0.05) is 6.42 Å². The zero-order valence-corrected chi connectivity index (χ0v) is 13.3. The van der Waals surface area contributed by atoms with Crippen molar-refractivity contribution in [2.24, 2.45) is 5.41 Å². The van der Waals surface area contributed by atoms with Gasteiger partial charge in [-0.3, -0.25) is 0 Å². The van der Waals surface area contributed by atoms with Crippen LogP contribution < -0.4 is 5.32 Å². The lowest BCUT2D eigenvalue weighted by Crippen LogP contribution is -2.51. The Kier molecular flexibility index (Phi) is 4.53. The van der Waals surface area contributed by atoms with E-state index in [4.69, 9.17) is 4.74 Å². The summed E-state index contributed by atoms with van der Waals surface area (Å²) in [5.41, 5.74) is 0.307. The van der Waals surface area contributed by atoms with Crippen LogP contribution in [-0.4, -0.2) is 37.2 Å². The maximum atomic E-state index is 13.3. The Hall–Kier alpha value is -1.69. The van der Waals surface area contributed by atoms with Gasteiger partial charge in [-0.2, -0.15) is 0 Å². The smallest absolute Gasteiger partial charge is 0.321 e. The Morgan fingerprint density at radius 2 is 2.09 bits per heavy atom. The van der Waals surface area contributed by atoms with Crippen LogP contribution in [0.4, 0.5) is 19.3 Å². The molecule has 0 bridgehead atoms. The molecule has 0 radical (unpaired) electrons. The molecule has 1 aromatic carbocycles. The molecule has 1 saturated heterocycles. The fourth-order valence-electron chi connectivity index (χ4n) is 4.05. The third kappa shape index (κ3) is 3.17. The molecule has 1 aliphatic heterocycles. The molecule has 1 heterocycles. The average Bonchev–Trinajstić information content (AvgIpc) is 2.92. The van der Waals surface area contributed by atoms with E-state index in [0.29, 0.717) is 13.1 Å². The third-order valence-corrected chi connectivity index (χ3v) is 5.18. The standard InChI is InChI=1S/C17H22F2N2O2/c1-23-15-4-2-7-17(15)8-3-9-21(11-17)16(22)20-12-5-6-13(18)14(19)10-12/h5-6,10,15H,2-4,7-9,11H2,1H3,(H,20,22)/t15-,17+/m1/s1. The van der Waals surface area contributed by atoms with Gasteiger partial charge < -0.3 is 15.0 Å². The zero-order valence-electron chi connectivity index (χ0n) is 13.3. The van der Waals surface area contributed by atoms with Crippen molar-refractivity contribution < 1.29 is 18.3 Å². The van der Waals surface area contributed by atoms with Gasteiger partial charge in [0.15, 0.2) is 11.6 Å². The second kappa shape index (κ2) is 6.43. The van der Waals surface area contributed by atoms with Gasteiger partial charge in [0.05, 0.1) is 6.10 Å². The summed E-state index contributed by atoms with van der Waals surface area (Å²) < 4.78 is 31.8. The van der Waals surface area contributed by atoms with Gasteiger partial charge in [-0.25, -0.2) is 13.6 Å². The number of hydrogen-bond acceptors (Lipinski definition) is 2. The first-order chi connectivity index (χ1) is 11.0. The van der Waals surface area contributed by atoms with Crippen LogP contribution in [0.15, 0.2) is 18.2 Å². The quantitative estimate of drug-likeness (QED) is 0.899. The average molecular weight is 324 g/mol. The lowest BCUT2D eigenvalue weighted by atomic mass is 9.76. The fourth-order valence-corrected chi connectivity index (χ4v) is 4.05. The minimum absolute atomic E-state index is 0.0401. The maximum Gasteiger partial charge on any atom is 0.321 e. The molecule has 1 saturated carbocycles. The molecule has 6 heteroatoms. The Balaban J connectivity index is 1.68. The molecule has 2 amide bonds. The lowest BCUT2D eigenvalue weighted by molar-refractivity contribution is -0.0244. The third-order valence-electron chi connectivity index (χ3n) is 5.18. The van der Waals surface area contributed by atoms with Crippen molar-refractivity contribution in [1.82, 2.24) is 4.90 Å². The van der Waals surface area contributed by atoms with Crippen LogP contribution in [0.1, 0.15) is 32.1 Å². The van der Waals surface area contributed by atoms with E-state index in [9.17, 15) is 13.6 Å². The number of urea groups is 1. The molecule has 23 heavy (non-hydrogen) atoms. The highest BCUT2D eigenvalue weighted by molar-refractivity contribution is 5.89. The van der Waals surface area contributed by atoms with E-state index in [1.54, 1.807) is 12.0 Å². The summed E-state index contributed by atoms with van der Waals surface area (Å²) in [4.78, 5) is 14.2. The molecule has 2 atom stereocenters. The summed E-state index contributed by atoms with van der Waals surface area (Å²) in [5, 5.41) is 2.66. The predicted molar refractivity (Wildman–Crippen MR) is 83.3 cm³/mol. The zero-order chi connectivity index (χ0) is 16.4. The van der Waals surface area contributed by atoms with Gasteiger partial charge in [0.1, 0.15) is 0 Å². The Labute approximate surface area is 134 Å². The summed E-state index contributed by atoms with van der Waals surface area (Å²) in [7, 11) is 1.73. The second-order valence-corrected chi connectivity index (χ2v) is 6.56. The van der Waals surface area contributed by atoms with E-state index < -0.39 is 11.6 Å². The van der Waals surface area contributed by atoms with Crippen molar-refractivity contribution in [2.45, 2.75) is 38.2 Å². The summed E-state index contributed by atoms with van der Waals surface area (Å²) in [6.07, 6.45) is 5.43. The molecule has 3 rings (SSSR count). The molecule has 1 N–H and O–H groups in total. The molecular formula is C17H22F2N2O2. The molecule has 126 valence electrons. The van der Waals surface area contributed by atoms with Crippen molar-refractivity contribution in [3.8, 4) is 0 Å². The van der Waals surface area contributed by atoms with Crippen LogP contribution in [0.5, 0.6) is 0 Å². The van der Waals surface area contributed by atoms with Crippen LogP contribution in [0.3, 0.4) is 0 Å². The van der Waals surface area contributed by atoms with Crippen LogP contribution in [0.25, 0.3) is 0 Å². The number of piperidine rings is 1. The number of likely N-dealkylation sites (tertiary alicyclic amines) is 1. The first kappa shape index (κ1) is 16.2. The molecule has 0 unspecified atom stereocenters. The minimum atomic E-state index is -0.965. The van der Waals surface area contributed by atoms with Crippen LogP contribution in [0.2, 0.25) is 0 Å². The molecule has 2 fully saturated rings. The molecular weight excluding hydrogens is 302 g/mol. The molecule has 2 aliphatic rings. The van der Waals surface area contributed by atoms with Gasteiger partial charge >= 0.3 is 6.03 Å². The minimum Gasteiger partial charge on any atom is -0.381 e. The Morgan fingerprint density at radius 3 is 2.83 bits per heavy atom. The topological polar surface area (TPSA) is 41.6 Å². The number of carbonyl (C=O) groups is 1. The monoisotopic (exact) mass is 324 g/mol. The molecule has 0 aromatic heterocycles. The number of benzene rings is 1. The second-order valence-electron chi connectivity index (χ2n) is 6.56. The fraction of sp³-hybridized carbons (Fsp3) is 0.588. The Morgan fingerprint density at radius 1 is 1.30 bits per heavy atom. The summed E-state index contributed by atoms with van der Waals surface area (Å²) in [6.45, 7) is 1.33. The van der Waals surface area contributed by atoms with Crippen LogP contribution >= 0.6 is 0 Å². The number of amides is 2. The van der Waals surface area contributed by atoms with E-state index in [0.717, 1.165) is 44.2 Å². The van der Waals surface area contributed by atoms with E-state index >= 15 is 0 Å². The highest BCUT2D eigenvalue weighted by Crippen LogP contribution is 2.46. The number of ether oxygens (including phenoxy) is 1. The number of carbonyl (C=O) groups excluding carboxylic acids is 1. The summed E-state index contributed by atoms with van der Waals surface area (Å²) >= 11 is 0. The molecule has 1 aliphatic carbocycles. The van der Waals surface area contributed by atoms with Crippen molar-refractivity contribution in [1.29, 1.82) is 0 Å². The van der Waals surface area contributed by atoms with Gasteiger partial charge in [-0.15, -0.1) is 0 Å². The number of halogens is 2. The first-order valence-corrected chi connectivity index (χ1v) is 8.08. The van der Waals surface area contributed by atoms with E-state index in [-0.39, 0.29) is 23.2 Å². The summed E-state index contributed by atoms with van der Waals surface area (Å²) in [6, 6.07) is 3.11. The van der Waals surface area contributed by atoms with Crippen molar-refractivity contribution in [2.75, 3.05) is 25.5 Å². The van der Waals surface area contributed by atoms with Gasteiger partial charge in [0.2, 0.25) is 0 Å². The van der Waals surface area contributed by atoms with Crippen molar-refractivity contribution in [3.63, 3.8) is 0 Å². The van der Waals surface area contributed by atoms with Gasteiger partial charge in [0.25, 0.3) is 0 Å². The number of rotatable bonds is 2. The van der Waals surface area contributed by atoms with E-state index in [1.165, 1.54) is 6.07 Å². The Bertz CT molecular complexity index is 596. The number of methoxy groups -OCH3 is 1. The van der Waals surface area contributed by atoms with Crippen molar-refractivity contribution >= 4 is 11.7 Å². The van der Waals surface area contributed by atoms with Crippen LogP contribution in [0, 0.1) is 17.0 Å². The SMILES string of the molecule is CO[C@@H]1CCC[C@@]12CCCN(C(=O)Nc1ccc(F)c(F)c1)C2.